The molecule has 0 aliphatic heterocycles. The number of benzene rings is 1. The summed E-state index contributed by atoms with van der Waals surface area (Å²) < 4.78 is 1.87. The quantitative estimate of drug-likeness (QED) is 0.673. The van der Waals surface area contributed by atoms with E-state index in [2.05, 4.69) is 50.6 Å². The van der Waals surface area contributed by atoms with Crippen LogP contribution in [0.25, 0.3) is 0 Å². The van der Waals surface area contributed by atoms with Crippen molar-refractivity contribution in [3.63, 3.8) is 0 Å². The minimum absolute atomic E-state index is 0.160. The van der Waals surface area contributed by atoms with E-state index in [4.69, 9.17) is 0 Å². The molecule has 0 heterocycles. The van der Waals surface area contributed by atoms with Crippen molar-refractivity contribution in [2.45, 2.75) is 45.6 Å². The standard InChI is InChI=1S/C16H21Br2NO/c1-11(2)10-19(15-5-3-4-6-15)16(20)12-7-13(17)9-14(18)8-12/h7-9,11,15H,3-6,10H2,1-2H3. The van der Waals surface area contributed by atoms with E-state index in [-0.39, 0.29) is 5.91 Å². The van der Waals surface area contributed by atoms with Gasteiger partial charge in [-0.1, -0.05) is 58.5 Å². The van der Waals surface area contributed by atoms with Gasteiger partial charge in [0.2, 0.25) is 0 Å². The molecule has 0 unspecified atom stereocenters. The fourth-order valence-corrected chi connectivity index (χ4v) is 4.14. The summed E-state index contributed by atoms with van der Waals surface area (Å²) in [7, 11) is 0. The second kappa shape index (κ2) is 7.08. The summed E-state index contributed by atoms with van der Waals surface area (Å²) >= 11 is 6.93. The highest BCUT2D eigenvalue weighted by Crippen LogP contribution is 2.27. The minimum Gasteiger partial charge on any atom is -0.335 e. The first-order valence-corrected chi connectivity index (χ1v) is 8.83. The molecule has 1 aromatic carbocycles. The molecule has 0 saturated heterocycles. The Morgan fingerprint density at radius 2 is 1.75 bits per heavy atom. The van der Waals surface area contributed by atoms with E-state index < -0.39 is 0 Å². The van der Waals surface area contributed by atoms with Gasteiger partial charge in [0.15, 0.2) is 0 Å². The zero-order chi connectivity index (χ0) is 14.7. The maximum atomic E-state index is 12.9. The third-order valence-electron chi connectivity index (χ3n) is 3.70. The van der Waals surface area contributed by atoms with Gasteiger partial charge in [0, 0.05) is 27.1 Å². The predicted molar refractivity (Wildman–Crippen MR) is 90.0 cm³/mol. The number of hydrogen-bond acceptors (Lipinski definition) is 1. The normalized spacial score (nSPS) is 15.8. The van der Waals surface area contributed by atoms with Crippen LogP contribution in [0.2, 0.25) is 0 Å². The minimum atomic E-state index is 0.160. The molecule has 0 aromatic heterocycles. The second-order valence-electron chi connectivity index (χ2n) is 5.95. The van der Waals surface area contributed by atoms with E-state index in [1.54, 1.807) is 0 Å². The zero-order valence-corrected chi connectivity index (χ0v) is 15.2. The van der Waals surface area contributed by atoms with Crippen molar-refractivity contribution in [2.24, 2.45) is 5.92 Å². The monoisotopic (exact) mass is 401 g/mol. The molecule has 0 radical (unpaired) electrons. The SMILES string of the molecule is CC(C)CN(C(=O)c1cc(Br)cc(Br)c1)C1CCCC1. The van der Waals surface area contributed by atoms with Crippen LogP contribution in [0, 0.1) is 5.92 Å². The predicted octanol–water partition coefficient (Wildman–Crippen LogP) is 5.25. The van der Waals surface area contributed by atoms with Gasteiger partial charge >= 0.3 is 0 Å². The largest absolute Gasteiger partial charge is 0.335 e. The Balaban J connectivity index is 2.24. The highest BCUT2D eigenvalue weighted by atomic mass is 79.9. The lowest BCUT2D eigenvalue weighted by Gasteiger charge is -2.31. The summed E-state index contributed by atoms with van der Waals surface area (Å²) in [6.45, 7) is 5.19. The summed E-state index contributed by atoms with van der Waals surface area (Å²) in [4.78, 5) is 14.9. The summed E-state index contributed by atoms with van der Waals surface area (Å²) in [5.74, 6) is 0.655. The number of rotatable bonds is 4. The Kier molecular flexibility index (Phi) is 5.67. The molecule has 0 N–H and O–H groups in total. The highest BCUT2D eigenvalue weighted by molar-refractivity contribution is 9.11. The topological polar surface area (TPSA) is 20.3 Å². The molecule has 2 rings (SSSR count). The zero-order valence-electron chi connectivity index (χ0n) is 12.0. The van der Waals surface area contributed by atoms with Crippen molar-refractivity contribution < 1.29 is 4.79 Å². The number of carbonyl (C=O) groups is 1. The Morgan fingerprint density at radius 3 is 2.25 bits per heavy atom. The molecule has 2 nitrogen and oxygen atoms in total. The number of carbonyl (C=O) groups excluding carboxylic acids is 1. The van der Waals surface area contributed by atoms with Gasteiger partial charge in [0.25, 0.3) is 5.91 Å². The molecule has 0 bridgehead atoms. The first-order valence-electron chi connectivity index (χ1n) is 7.24. The summed E-state index contributed by atoms with van der Waals surface area (Å²) in [6.07, 6.45) is 4.78. The number of halogens is 2. The molecule has 0 spiro atoms. The first kappa shape index (κ1) is 16.0. The van der Waals surface area contributed by atoms with Crippen LogP contribution in [0.1, 0.15) is 49.9 Å². The summed E-state index contributed by atoms with van der Waals surface area (Å²) in [6, 6.07) is 6.20. The number of hydrogen-bond donors (Lipinski definition) is 0. The van der Waals surface area contributed by atoms with E-state index in [0.29, 0.717) is 12.0 Å². The van der Waals surface area contributed by atoms with Crippen molar-refractivity contribution >= 4 is 37.8 Å². The van der Waals surface area contributed by atoms with Gasteiger partial charge in [-0.05, 0) is 37.0 Å². The van der Waals surface area contributed by atoms with Crippen molar-refractivity contribution in [3.8, 4) is 0 Å². The fourth-order valence-electron chi connectivity index (χ4n) is 2.85. The van der Waals surface area contributed by atoms with Crippen LogP contribution < -0.4 is 0 Å². The van der Waals surface area contributed by atoms with Gasteiger partial charge in [-0.3, -0.25) is 4.79 Å². The molecule has 20 heavy (non-hydrogen) atoms. The number of nitrogens with zero attached hydrogens (tertiary/aromatic N) is 1. The molecular weight excluding hydrogens is 382 g/mol. The first-order chi connectivity index (χ1) is 9.47. The lowest BCUT2D eigenvalue weighted by Crippen LogP contribution is -2.41. The van der Waals surface area contributed by atoms with E-state index in [9.17, 15) is 4.79 Å². The van der Waals surface area contributed by atoms with E-state index in [0.717, 1.165) is 33.9 Å². The number of amides is 1. The Morgan fingerprint density at radius 1 is 1.20 bits per heavy atom. The summed E-state index contributed by atoms with van der Waals surface area (Å²) in [5.41, 5.74) is 0.763. The van der Waals surface area contributed by atoms with Gasteiger partial charge in [-0.15, -0.1) is 0 Å². The van der Waals surface area contributed by atoms with Crippen molar-refractivity contribution in [1.29, 1.82) is 0 Å². The van der Waals surface area contributed by atoms with Gasteiger partial charge in [-0.2, -0.15) is 0 Å². The maximum Gasteiger partial charge on any atom is 0.254 e. The van der Waals surface area contributed by atoms with E-state index in [1.807, 2.05) is 18.2 Å². The van der Waals surface area contributed by atoms with Gasteiger partial charge in [0.1, 0.15) is 0 Å². The van der Waals surface area contributed by atoms with E-state index in [1.165, 1.54) is 12.8 Å². The van der Waals surface area contributed by atoms with Crippen LogP contribution in [-0.4, -0.2) is 23.4 Å². The molecule has 4 heteroatoms. The molecule has 1 amide bonds. The molecule has 1 saturated carbocycles. The van der Waals surface area contributed by atoms with Crippen LogP contribution in [0.4, 0.5) is 0 Å². The third-order valence-corrected chi connectivity index (χ3v) is 4.61. The third kappa shape index (κ3) is 4.08. The smallest absolute Gasteiger partial charge is 0.254 e. The van der Waals surface area contributed by atoms with E-state index >= 15 is 0 Å². The fraction of sp³-hybridized carbons (Fsp3) is 0.562. The van der Waals surface area contributed by atoms with Gasteiger partial charge in [-0.25, -0.2) is 0 Å². The molecule has 1 fully saturated rings. The average Bonchev–Trinajstić information content (AvgIpc) is 2.87. The molecular formula is C16H21Br2NO. The summed E-state index contributed by atoms with van der Waals surface area (Å²) in [5, 5.41) is 0. The van der Waals surface area contributed by atoms with Crippen LogP contribution in [-0.2, 0) is 0 Å². The van der Waals surface area contributed by atoms with Crippen LogP contribution in [0.3, 0.4) is 0 Å². The maximum absolute atomic E-state index is 12.9. The lowest BCUT2D eigenvalue weighted by molar-refractivity contribution is 0.0655. The molecule has 1 aliphatic carbocycles. The Labute approximate surface area is 138 Å². The Hall–Kier alpha value is -0.350. The van der Waals surface area contributed by atoms with Crippen molar-refractivity contribution in [3.05, 3.63) is 32.7 Å². The van der Waals surface area contributed by atoms with Crippen LogP contribution in [0.5, 0.6) is 0 Å². The molecule has 1 aliphatic rings. The average molecular weight is 403 g/mol. The molecule has 110 valence electrons. The molecule has 1 aromatic rings. The highest BCUT2D eigenvalue weighted by Gasteiger charge is 2.28. The second-order valence-corrected chi connectivity index (χ2v) is 7.78. The Bertz CT molecular complexity index is 461. The van der Waals surface area contributed by atoms with Crippen molar-refractivity contribution in [2.75, 3.05) is 6.54 Å². The van der Waals surface area contributed by atoms with Gasteiger partial charge in [0.05, 0.1) is 0 Å². The van der Waals surface area contributed by atoms with Gasteiger partial charge < -0.3 is 4.90 Å². The van der Waals surface area contributed by atoms with Crippen LogP contribution in [0.15, 0.2) is 27.1 Å². The van der Waals surface area contributed by atoms with Crippen molar-refractivity contribution in [1.82, 2.24) is 4.90 Å². The molecule has 0 atom stereocenters. The van der Waals surface area contributed by atoms with Crippen LogP contribution >= 0.6 is 31.9 Å². The lowest BCUT2D eigenvalue weighted by atomic mass is 10.1.